The van der Waals surface area contributed by atoms with Crippen LogP contribution in [0.25, 0.3) is 11.1 Å². The molecule has 2 aromatic heterocycles. The summed E-state index contributed by atoms with van der Waals surface area (Å²) in [5, 5.41) is 3.22. The molecule has 1 N–H and O–H groups in total. The first-order valence-electron chi connectivity index (χ1n) is 8.98. The molecule has 0 spiro atoms. The van der Waals surface area contributed by atoms with Gasteiger partial charge < -0.3 is 14.3 Å². The molecule has 27 heavy (non-hydrogen) atoms. The van der Waals surface area contributed by atoms with Crippen molar-refractivity contribution in [2.24, 2.45) is 0 Å². The molecule has 0 aliphatic carbocycles. The normalized spacial score (nSPS) is 13.9. The Kier molecular flexibility index (Phi) is 6.30. The van der Waals surface area contributed by atoms with Crippen LogP contribution < -0.4 is 5.32 Å². The van der Waals surface area contributed by atoms with E-state index < -0.39 is 11.2 Å². The van der Waals surface area contributed by atoms with Gasteiger partial charge in [-0.2, -0.15) is 0 Å². The third-order valence-electron chi connectivity index (χ3n) is 4.60. The number of hydrogen-bond donors (Lipinski definition) is 1. The number of rotatable bonds is 8. The van der Waals surface area contributed by atoms with E-state index in [0.717, 1.165) is 30.7 Å². The van der Waals surface area contributed by atoms with Gasteiger partial charge in [0.1, 0.15) is 11.8 Å². The minimum Gasteiger partial charge on any atom is -0.612 e. The van der Waals surface area contributed by atoms with E-state index in [1.807, 2.05) is 13.0 Å². The largest absolute Gasteiger partial charge is 0.612 e. The lowest BCUT2D eigenvalue weighted by atomic mass is 10.1. The summed E-state index contributed by atoms with van der Waals surface area (Å²) in [5.41, 5.74) is 2.93. The van der Waals surface area contributed by atoms with Crippen LogP contribution in [-0.2, 0) is 11.2 Å². The first-order valence-corrected chi connectivity index (χ1v) is 10.5. The van der Waals surface area contributed by atoms with Gasteiger partial charge in [-0.25, -0.2) is 15.0 Å². The molecule has 0 bridgehead atoms. The number of nitrogens with zero attached hydrogens (tertiary/aromatic N) is 4. The fourth-order valence-corrected chi connectivity index (χ4v) is 3.43. The fourth-order valence-electron chi connectivity index (χ4n) is 3.02. The van der Waals surface area contributed by atoms with Gasteiger partial charge in [-0.15, -0.1) is 0 Å². The van der Waals surface area contributed by atoms with Crippen LogP contribution in [0.5, 0.6) is 0 Å². The lowest BCUT2D eigenvalue weighted by Crippen LogP contribution is -2.31. The standard InChI is InChI=1S/C19H25N5O2S/c1-5-24(9-8-20-19-21-11-16(12-22-19)27(4)25)13(2)15-6-7-18-17(10-15)23-14(3)26-18/h6-7,10-13H,5,8-9H2,1-4H3,(H,20,21,22). The number of anilines is 1. The van der Waals surface area contributed by atoms with Gasteiger partial charge in [-0.05, 0) is 42.3 Å². The Morgan fingerprint density at radius 1 is 1.30 bits per heavy atom. The molecule has 3 aromatic rings. The zero-order valence-corrected chi connectivity index (χ0v) is 16.9. The molecular formula is C19H25N5O2S. The van der Waals surface area contributed by atoms with Crippen molar-refractivity contribution in [2.75, 3.05) is 31.2 Å². The third kappa shape index (κ3) is 4.77. The van der Waals surface area contributed by atoms with Crippen molar-refractivity contribution in [2.45, 2.75) is 31.7 Å². The lowest BCUT2D eigenvalue weighted by molar-refractivity contribution is 0.231. The molecule has 2 heterocycles. The van der Waals surface area contributed by atoms with Crippen LogP contribution >= 0.6 is 0 Å². The highest BCUT2D eigenvalue weighted by Crippen LogP contribution is 2.24. The van der Waals surface area contributed by atoms with Crippen molar-refractivity contribution in [1.82, 2.24) is 19.9 Å². The molecule has 144 valence electrons. The van der Waals surface area contributed by atoms with Crippen molar-refractivity contribution >= 4 is 28.2 Å². The maximum atomic E-state index is 11.4. The van der Waals surface area contributed by atoms with E-state index in [1.54, 1.807) is 18.6 Å². The summed E-state index contributed by atoms with van der Waals surface area (Å²) in [6.07, 6.45) is 4.81. The lowest BCUT2D eigenvalue weighted by Gasteiger charge is -2.28. The first-order chi connectivity index (χ1) is 13.0. The zero-order valence-electron chi connectivity index (χ0n) is 16.1. The summed E-state index contributed by atoms with van der Waals surface area (Å²) in [6.45, 7) is 8.69. The molecular weight excluding hydrogens is 362 g/mol. The van der Waals surface area contributed by atoms with Gasteiger partial charge in [-0.1, -0.05) is 13.0 Å². The van der Waals surface area contributed by atoms with Gasteiger partial charge in [0.15, 0.2) is 16.4 Å². The van der Waals surface area contributed by atoms with Crippen molar-refractivity contribution in [3.63, 3.8) is 0 Å². The summed E-state index contributed by atoms with van der Waals surface area (Å²) in [6, 6.07) is 6.43. The topological polar surface area (TPSA) is 90.1 Å². The number of oxazole rings is 1. The Balaban J connectivity index is 1.60. The molecule has 7 nitrogen and oxygen atoms in total. The average Bonchev–Trinajstić information content (AvgIpc) is 3.04. The number of aryl methyl sites for hydroxylation is 1. The van der Waals surface area contributed by atoms with Gasteiger partial charge in [-0.3, -0.25) is 4.90 Å². The second-order valence-electron chi connectivity index (χ2n) is 6.39. The van der Waals surface area contributed by atoms with Crippen molar-refractivity contribution < 1.29 is 8.97 Å². The highest BCUT2D eigenvalue weighted by molar-refractivity contribution is 7.90. The molecule has 8 heteroatoms. The summed E-state index contributed by atoms with van der Waals surface area (Å²) >= 11 is -1.06. The van der Waals surface area contributed by atoms with E-state index in [4.69, 9.17) is 4.42 Å². The smallest absolute Gasteiger partial charge is 0.222 e. The van der Waals surface area contributed by atoms with E-state index in [9.17, 15) is 4.55 Å². The van der Waals surface area contributed by atoms with Crippen molar-refractivity contribution in [3.8, 4) is 0 Å². The quantitative estimate of drug-likeness (QED) is 0.594. The number of hydrogen-bond acceptors (Lipinski definition) is 7. The van der Waals surface area contributed by atoms with Crippen LogP contribution in [0.2, 0.25) is 0 Å². The Morgan fingerprint density at radius 3 is 2.70 bits per heavy atom. The predicted molar refractivity (Wildman–Crippen MR) is 107 cm³/mol. The van der Waals surface area contributed by atoms with Crippen LogP contribution in [0.4, 0.5) is 5.95 Å². The highest BCUT2D eigenvalue weighted by atomic mass is 32.2. The summed E-state index contributed by atoms with van der Waals surface area (Å²) < 4.78 is 16.9. The summed E-state index contributed by atoms with van der Waals surface area (Å²) in [4.78, 5) is 15.8. The maximum absolute atomic E-state index is 11.4. The third-order valence-corrected chi connectivity index (χ3v) is 5.47. The average molecular weight is 388 g/mol. The van der Waals surface area contributed by atoms with E-state index in [0.29, 0.717) is 16.7 Å². The van der Waals surface area contributed by atoms with Gasteiger partial charge in [0.25, 0.3) is 0 Å². The van der Waals surface area contributed by atoms with E-state index in [1.165, 1.54) is 5.56 Å². The van der Waals surface area contributed by atoms with Crippen molar-refractivity contribution in [1.29, 1.82) is 0 Å². The van der Waals surface area contributed by atoms with Gasteiger partial charge >= 0.3 is 0 Å². The number of likely N-dealkylation sites (N-methyl/N-ethyl adjacent to an activating group) is 1. The van der Waals surface area contributed by atoms with Crippen LogP contribution in [-0.4, -0.2) is 50.3 Å². The number of benzene rings is 1. The molecule has 0 aliphatic rings. The van der Waals surface area contributed by atoms with Gasteiger partial charge in [0.2, 0.25) is 5.95 Å². The monoisotopic (exact) mass is 387 g/mol. The molecule has 1 aromatic carbocycles. The molecule has 0 fully saturated rings. The molecule has 2 unspecified atom stereocenters. The molecule has 0 saturated carbocycles. The van der Waals surface area contributed by atoms with Crippen LogP contribution in [0, 0.1) is 6.92 Å². The van der Waals surface area contributed by atoms with Gasteiger partial charge in [0, 0.05) is 26.1 Å². The minimum atomic E-state index is -1.06. The van der Waals surface area contributed by atoms with E-state index in [-0.39, 0.29) is 6.04 Å². The number of fused-ring (bicyclic) bond motifs is 1. The Bertz CT molecular complexity index is 881. The molecule has 0 saturated heterocycles. The SMILES string of the molecule is CCN(CCNc1ncc([S+](C)[O-])cn1)C(C)c1ccc2oc(C)nc2c1. The van der Waals surface area contributed by atoms with E-state index >= 15 is 0 Å². The van der Waals surface area contributed by atoms with Gasteiger partial charge in [0.05, 0.1) is 12.4 Å². The Hall–Kier alpha value is -2.16. The Morgan fingerprint density at radius 2 is 2.04 bits per heavy atom. The minimum absolute atomic E-state index is 0.254. The van der Waals surface area contributed by atoms with E-state index in [2.05, 4.69) is 51.1 Å². The van der Waals surface area contributed by atoms with Crippen LogP contribution in [0.1, 0.15) is 31.3 Å². The summed E-state index contributed by atoms with van der Waals surface area (Å²) in [7, 11) is 0. The number of aromatic nitrogens is 3. The maximum Gasteiger partial charge on any atom is 0.222 e. The molecule has 2 atom stereocenters. The predicted octanol–water partition coefficient (Wildman–Crippen LogP) is 3.16. The summed E-state index contributed by atoms with van der Waals surface area (Å²) in [5.74, 6) is 1.23. The zero-order chi connectivity index (χ0) is 19.4. The molecule has 0 radical (unpaired) electrons. The fraction of sp³-hybridized carbons (Fsp3) is 0.421. The Labute approximate surface area is 162 Å². The highest BCUT2D eigenvalue weighted by Gasteiger charge is 2.15. The van der Waals surface area contributed by atoms with Crippen LogP contribution in [0.15, 0.2) is 39.9 Å². The second-order valence-corrected chi connectivity index (χ2v) is 7.77. The van der Waals surface area contributed by atoms with Crippen molar-refractivity contribution in [3.05, 3.63) is 42.0 Å². The molecule has 0 aliphatic heterocycles. The van der Waals surface area contributed by atoms with Crippen LogP contribution in [0.3, 0.4) is 0 Å². The molecule has 3 rings (SSSR count). The second kappa shape index (κ2) is 8.69. The number of nitrogens with one attached hydrogen (secondary N) is 1. The molecule has 0 amide bonds. The first kappa shape index (κ1) is 19.6.